The number of aromatic nitrogens is 1. The topological polar surface area (TPSA) is 83.0 Å². The number of ether oxygens (including phenoxy) is 1. The average Bonchev–Trinajstić information content (AvgIpc) is 3.32. The maximum absolute atomic E-state index is 12.4. The van der Waals surface area contributed by atoms with Crippen molar-refractivity contribution in [2.45, 2.75) is 32.7 Å². The van der Waals surface area contributed by atoms with Gasteiger partial charge in [-0.15, -0.1) is 0 Å². The standard InChI is InChI=1S/C24H31N3O2.CH2O2/c1-3-23(28)27-15-20-14-26(16-21-22(29-2)10-7-13-25-21)17-24(20,18-27)12-11-19-8-5-4-6-9-19;2-1-3/h4-10,13,20H,3,11-12,14-18H2,1-2H3;1H,(H,2,3). The molecule has 3 heterocycles. The largest absolute Gasteiger partial charge is 0.495 e. The molecule has 0 bridgehead atoms. The molecular formula is C25H33N3O4. The fraction of sp³-hybridized carbons (Fsp3) is 0.480. The third-order valence-corrected chi connectivity index (χ3v) is 6.68. The Morgan fingerprint density at radius 1 is 1.22 bits per heavy atom. The van der Waals surface area contributed by atoms with E-state index >= 15 is 0 Å². The van der Waals surface area contributed by atoms with Gasteiger partial charge in [0.2, 0.25) is 5.91 Å². The molecule has 2 fully saturated rings. The molecular weight excluding hydrogens is 406 g/mol. The molecule has 0 saturated carbocycles. The molecule has 172 valence electrons. The molecule has 1 N–H and O–H groups in total. The number of pyridine rings is 1. The summed E-state index contributed by atoms with van der Waals surface area (Å²) in [6.45, 7) is 6.31. The van der Waals surface area contributed by atoms with Crippen molar-refractivity contribution in [2.75, 3.05) is 33.3 Å². The van der Waals surface area contributed by atoms with Crippen molar-refractivity contribution in [1.82, 2.24) is 14.8 Å². The van der Waals surface area contributed by atoms with Crippen LogP contribution < -0.4 is 4.74 Å². The van der Waals surface area contributed by atoms with Gasteiger partial charge in [0, 0.05) is 50.8 Å². The number of nitrogens with zero attached hydrogens (tertiary/aromatic N) is 3. The first-order chi connectivity index (χ1) is 15.5. The summed E-state index contributed by atoms with van der Waals surface area (Å²) >= 11 is 0. The molecule has 1 aromatic carbocycles. The molecule has 7 nitrogen and oxygen atoms in total. The predicted octanol–water partition coefficient (Wildman–Crippen LogP) is 3.09. The zero-order valence-electron chi connectivity index (χ0n) is 18.9. The van der Waals surface area contributed by atoms with E-state index in [-0.39, 0.29) is 17.8 Å². The van der Waals surface area contributed by atoms with E-state index in [4.69, 9.17) is 14.6 Å². The highest BCUT2D eigenvalue weighted by atomic mass is 16.5. The summed E-state index contributed by atoms with van der Waals surface area (Å²) in [6, 6.07) is 14.6. The minimum Gasteiger partial charge on any atom is -0.495 e. The highest BCUT2D eigenvalue weighted by Gasteiger charge is 2.52. The van der Waals surface area contributed by atoms with Crippen LogP contribution in [0.25, 0.3) is 0 Å². The monoisotopic (exact) mass is 439 g/mol. The normalized spacial score (nSPS) is 22.1. The van der Waals surface area contributed by atoms with Crippen molar-refractivity contribution < 1.29 is 19.4 Å². The Balaban J connectivity index is 0.000000913. The summed E-state index contributed by atoms with van der Waals surface area (Å²) in [4.78, 5) is 29.9. The fourth-order valence-electron chi connectivity index (χ4n) is 5.16. The van der Waals surface area contributed by atoms with Crippen LogP contribution in [-0.4, -0.2) is 65.6 Å². The molecule has 32 heavy (non-hydrogen) atoms. The number of benzene rings is 1. The summed E-state index contributed by atoms with van der Waals surface area (Å²) in [6.07, 6.45) is 4.61. The van der Waals surface area contributed by atoms with Crippen LogP contribution in [0.5, 0.6) is 5.75 Å². The first-order valence-corrected chi connectivity index (χ1v) is 11.1. The maximum atomic E-state index is 12.4. The maximum Gasteiger partial charge on any atom is 0.290 e. The molecule has 2 aliphatic heterocycles. The van der Waals surface area contributed by atoms with Crippen molar-refractivity contribution in [3.05, 3.63) is 59.9 Å². The lowest BCUT2D eigenvalue weighted by atomic mass is 9.76. The van der Waals surface area contributed by atoms with Crippen LogP contribution in [0.4, 0.5) is 0 Å². The lowest BCUT2D eigenvalue weighted by molar-refractivity contribution is -0.130. The average molecular weight is 440 g/mol. The molecule has 2 unspecified atom stereocenters. The Morgan fingerprint density at radius 2 is 1.97 bits per heavy atom. The number of carbonyl (C=O) groups excluding carboxylic acids is 1. The van der Waals surface area contributed by atoms with Crippen molar-refractivity contribution in [1.29, 1.82) is 0 Å². The van der Waals surface area contributed by atoms with Crippen molar-refractivity contribution >= 4 is 12.4 Å². The molecule has 0 aliphatic carbocycles. The van der Waals surface area contributed by atoms with E-state index in [1.54, 1.807) is 7.11 Å². The first-order valence-electron chi connectivity index (χ1n) is 11.1. The first kappa shape index (κ1) is 23.7. The van der Waals surface area contributed by atoms with Gasteiger partial charge < -0.3 is 14.7 Å². The minimum absolute atomic E-state index is 0.169. The number of aryl methyl sites for hydroxylation is 1. The number of rotatable bonds is 7. The summed E-state index contributed by atoms with van der Waals surface area (Å²) in [7, 11) is 1.70. The van der Waals surface area contributed by atoms with Gasteiger partial charge in [0.05, 0.1) is 12.8 Å². The number of fused-ring (bicyclic) bond motifs is 1. The predicted molar refractivity (Wildman–Crippen MR) is 122 cm³/mol. The van der Waals surface area contributed by atoms with Gasteiger partial charge in [0.1, 0.15) is 5.75 Å². The third kappa shape index (κ3) is 5.46. The summed E-state index contributed by atoms with van der Waals surface area (Å²) in [5.74, 6) is 1.67. The molecule has 7 heteroatoms. The molecule has 4 rings (SSSR count). The number of methoxy groups -OCH3 is 1. The van der Waals surface area contributed by atoms with Crippen LogP contribution in [-0.2, 0) is 22.6 Å². The van der Waals surface area contributed by atoms with Gasteiger partial charge in [-0.05, 0) is 36.5 Å². The van der Waals surface area contributed by atoms with Crippen molar-refractivity contribution in [3.8, 4) is 5.75 Å². The van der Waals surface area contributed by atoms with Gasteiger partial charge >= 0.3 is 0 Å². The quantitative estimate of drug-likeness (QED) is 0.668. The number of amides is 1. The Bertz CT molecular complexity index is 892. The van der Waals surface area contributed by atoms with E-state index in [2.05, 4.69) is 45.1 Å². The van der Waals surface area contributed by atoms with Crippen LogP contribution in [0.3, 0.4) is 0 Å². The van der Waals surface area contributed by atoms with E-state index in [0.717, 1.165) is 57.0 Å². The number of hydrogen-bond acceptors (Lipinski definition) is 5. The van der Waals surface area contributed by atoms with Crippen LogP contribution in [0.15, 0.2) is 48.7 Å². The van der Waals surface area contributed by atoms with Gasteiger partial charge in [0.15, 0.2) is 0 Å². The molecule has 1 amide bonds. The number of likely N-dealkylation sites (tertiary alicyclic amines) is 2. The zero-order valence-corrected chi connectivity index (χ0v) is 18.9. The van der Waals surface area contributed by atoms with E-state index in [1.165, 1.54) is 5.56 Å². The molecule has 0 radical (unpaired) electrons. The number of carbonyl (C=O) groups is 2. The van der Waals surface area contributed by atoms with Crippen molar-refractivity contribution in [3.63, 3.8) is 0 Å². The fourth-order valence-corrected chi connectivity index (χ4v) is 5.16. The van der Waals surface area contributed by atoms with Crippen LogP contribution in [0.2, 0.25) is 0 Å². The second-order valence-electron chi connectivity index (χ2n) is 8.60. The van der Waals surface area contributed by atoms with E-state index in [1.807, 2.05) is 25.3 Å². The Morgan fingerprint density at radius 3 is 2.66 bits per heavy atom. The molecule has 2 aromatic rings. The highest BCUT2D eigenvalue weighted by Crippen LogP contribution is 2.46. The highest BCUT2D eigenvalue weighted by molar-refractivity contribution is 5.76. The molecule has 2 saturated heterocycles. The summed E-state index contributed by atoms with van der Waals surface area (Å²) < 4.78 is 5.50. The summed E-state index contributed by atoms with van der Waals surface area (Å²) in [5, 5.41) is 6.89. The second kappa shape index (κ2) is 11.1. The smallest absolute Gasteiger partial charge is 0.290 e. The lowest BCUT2D eigenvalue weighted by Crippen LogP contribution is -2.37. The number of hydrogen-bond donors (Lipinski definition) is 1. The minimum atomic E-state index is -0.250. The van der Waals surface area contributed by atoms with Crippen LogP contribution in [0, 0.1) is 11.3 Å². The Hall–Kier alpha value is -2.93. The van der Waals surface area contributed by atoms with Gasteiger partial charge in [-0.1, -0.05) is 37.3 Å². The number of carboxylic acid groups (broad SMARTS) is 1. The van der Waals surface area contributed by atoms with E-state index in [9.17, 15) is 4.79 Å². The molecule has 2 aliphatic rings. The Kier molecular flexibility index (Phi) is 8.22. The van der Waals surface area contributed by atoms with Crippen LogP contribution >= 0.6 is 0 Å². The van der Waals surface area contributed by atoms with Crippen LogP contribution in [0.1, 0.15) is 31.0 Å². The van der Waals surface area contributed by atoms with Gasteiger partial charge in [0.25, 0.3) is 6.47 Å². The van der Waals surface area contributed by atoms with Crippen molar-refractivity contribution in [2.24, 2.45) is 11.3 Å². The van der Waals surface area contributed by atoms with Gasteiger partial charge in [-0.3, -0.25) is 19.5 Å². The molecule has 1 aromatic heterocycles. The van der Waals surface area contributed by atoms with Gasteiger partial charge in [-0.2, -0.15) is 0 Å². The van der Waals surface area contributed by atoms with E-state index < -0.39 is 0 Å². The lowest BCUT2D eigenvalue weighted by Gasteiger charge is -2.30. The summed E-state index contributed by atoms with van der Waals surface area (Å²) in [5.41, 5.74) is 2.54. The molecule has 0 spiro atoms. The van der Waals surface area contributed by atoms with Gasteiger partial charge in [-0.25, -0.2) is 0 Å². The Labute approximate surface area is 190 Å². The second-order valence-corrected chi connectivity index (χ2v) is 8.60. The SMILES string of the molecule is CCC(=O)N1CC2CN(Cc3ncccc3OC)CC2(CCc2ccccc2)C1.O=CO. The zero-order chi connectivity index (χ0) is 23.0. The third-order valence-electron chi connectivity index (χ3n) is 6.68. The van der Waals surface area contributed by atoms with E-state index in [0.29, 0.717) is 12.3 Å². The molecule has 2 atom stereocenters.